The highest BCUT2D eigenvalue weighted by Crippen LogP contribution is 2.31. The minimum Gasteiger partial charge on any atom is -0.494 e. The van der Waals surface area contributed by atoms with Crippen LogP contribution >= 0.6 is 0 Å². The second-order valence-electron chi connectivity index (χ2n) is 5.30. The van der Waals surface area contributed by atoms with E-state index in [1.54, 1.807) is 0 Å². The summed E-state index contributed by atoms with van der Waals surface area (Å²) in [4.78, 5) is 0. The number of halogens is 2. The molecule has 1 rings (SSSR count). The first-order chi connectivity index (χ1) is 9.99. The average molecular weight is 298 g/mol. The maximum atomic E-state index is 13.7. The molecule has 118 valence electrons. The van der Waals surface area contributed by atoms with Crippen LogP contribution in [0.25, 0.3) is 0 Å². The van der Waals surface area contributed by atoms with Crippen molar-refractivity contribution >= 4 is 0 Å². The largest absolute Gasteiger partial charge is 0.494 e. The molecule has 0 aromatic carbocycles. The van der Waals surface area contributed by atoms with Crippen molar-refractivity contribution in [1.82, 2.24) is 0 Å². The van der Waals surface area contributed by atoms with Gasteiger partial charge in [-0.3, -0.25) is 0 Å². The molecule has 1 aliphatic rings. The third-order valence-electron chi connectivity index (χ3n) is 3.78. The molecule has 0 aliphatic heterocycles. The first-order valence-corrected chi connectivity index (χ1v) is 7.23. The molecule has 0 radical (unpaired) electrons. The molecule has 1 aliphatic carbocycles. The highest BCUT2D eigenvalue weighted by Gasteiger charge is 2.21. The number of hydrogen-bond acceptors (Lipinski definition) is 2. The monoisotopic (exact) mass is 298 g/mol. The van der Waals surface area contributed by atoms with E-state index in [9.17, 15) is 8.78 Å². The molecule has 0 N–H and O–H groups in total. The topological polar surface area (TPSA) is 18.5 Å². The summed E-state index contributed by atoms with van der Waals surface area (Å²) in [6.07, 6.45) is 8.58. The van der Waals surface area contributed by atoms with E-state index in [1.807, 2.05) is 6.92 Å². The lowest BCUT2D eigenvalue weighted by molar-refractivity contribution is 0.133. The lowest BCUT2D eigenvalue weighted by Gasteiger charge is -2.26. The third-order valence-corrected chi connectivity index (χ3v) is 3.78. The Hall–Kier alpha value is -1.58. The fraction of sp³-hybridized carbons (Fsp3) is 0.529. The normalized spacial score (nSPS) is 23.6. The highest BCUT2D eigenvalue weighted by molar-refractivity contribution is 5.29. The molecule has 0 spiro atoms. The molecule has 0 atom stereocenters. The molecule has 0 aromatic heterocycles. The number of allylic oxidation sites excluding steroid dienone is 4. The van der Waals surface area contributed by atoms with Gasteiger partial charge in [0.2, 0.25) is 11.7 Å². The summed E-state index contributed by atoms with van der Waals surface area (Å²) in [5, 5.41) is 0. The van der Waals surface area contributed by atoms with Crippen LogP contribution in [0.15, 0.2) is 48.5 Å². The molecule has 1 saturated carbocycles. The van der Waals surface area contributed by atoms with Crippen molar-refractivity contribution in [1.29, 1.82) is 0 Å². The SMILES string of the molecule is C=C(OC)/C(F)=C(/F)C(=C)OCC1CCC(/C=C/C)CC1. The number of methoxy groups -OCH3 is 1. The summed E-state index contributed by atoms with van der Waals surface area (Å²) < 4.78 is 37.0. The van der Waals surface area contributed by atoms with Crippen LogP contribution in [0.4, 0.5) is 8.78 Å². The van der Waals surface area contributed by atoms with E-state index in [4.69, 9.17) is 4.74 Å². The predicted molar refractivity (Wildman–Crippen MR) is 80.7 cm³/mol. The Morgan fingerprint density at radius 1 is 1.10 bits per heavy atom. The Morgan fingerprint density at radius 3 is 2.19 bits per heavy atom. The van der Waals surface area contributed by atoms with Crippen LogP contribution in [0, 0.1) is 11.8 Å². The Labute approximate surface area is 125 Å². The van der Waals surface area contributed by atoms with Gasteiger partial charge in [0.1, 0.15) is 0 Å². The van der Waals surface area contributed by atoms with E-state index in [-0.39, 0.29) is 11.5 Å². The predicted octanol–water partition coefficient (Wildman–Crippen LogP) is 5.21. The van der Waals surface area contributed by atoms with Crippen molar-refractivity contribution in [3.05, 3.63) is 48.5 Å². The molecule has 0 unspecified atom stereocenters. The molecule has 0 bridgehead atoms. The van der Waals surface area contributed by atoms with Crippen LogP contribution in [0.5, 0.6) is 0 Å². The Kier molecular flexibility index (Phi) is 7.20. The quantitative estimate of drug-likeness (QED) is 0.365. The van der Waals surface area contributed by atoms with E-state index < -0.39 is 11.7 Å². The van der Waals surface area contributed by atoms with Gasteiger partial charge in [-0.05, 0) is 44.4 Å². The fourth-order valence-electron chi connectivity index (χ4n) is 2.44. The van der Waals surface area contributed by atoms with Gasteiger partial charge < -0.3 is 9.47 Å². The lowest BCUT2D eigenvalue weighted by atomic mass is 9.82. The van der Waals surface area contributed by atoms with E-state index >= 15 is 0 Å². The number of hydrogen-bond donors (Lipinski definition) is 0. The van der Waals surface area contributed by atoms with Gasteiger partial charge in [-0.15, -0.1) is 0 Å². The minimum absolute atomic E-state index is 0.304. The molecule has 0 aromatic rings. The standard InChI is InChI=1S/C17H24F2O2/c1-5-6-14-7-9-15(10-8-14)11-21-13(3)17(19)16(18)12(2)20-4/h5-6,14-15H,2-3,7-11H2,1,4H3/b6-5+,17-16-. The third kappa shape index (κ3) is 5.37. The summed E-state index contributed by atoms with van der Waals surface area (Å²) >= 11 is 0. The molecular weight excluding hydrogens is 274 g/mol. The van der Waals surface area contributed by atoms with Gasteiger partial charge in [-0.2, -0.15) is 8.78 Å². The molecule has 1 fully saturated rings. The molecule has 4 heteroatoms. The van der Waals surface area contributed by atoms with Gasteiger partial charge in [-0.1, -0.05) is 25.3 Å². The van der Waals surface area contributed by atoms with E-state index in [2.05, 4.69) is 30.0 Å². The zero-order valence-corrected chi connectivity index (χ0v) is 12.8. The Morgan fingerprint density at radius 2 is 1.67 bits per heavy atom. The maximum absolute atomic E-state index is 13.7. The summed E-state index contributed by atoms with van der Waals surface area (Å²) in [6.45, 7) is 9.06. The Bertz CT molecular complexity index is 430. The first-order valence-electron chi connectivity index (χ1n) is 7.23. The van der Waals surface area contributed by atoms with Gasteiger partial charge in [0, 0.05) is 0 Å². The average Bonchev–Trinajstić information content (AvgIpc) is 2.51. The fourth-order valence-corrected chi connectivity index (χ4v) is 2.44. The van der Waals surface area contributed by atoms with Crippen LogP contribution in [0.3, 0.4) is 0 Å². The van der Waals surface area contributed by atoms with E-state index in [1.165, 1.54) is 7.11 Å². The molecular formula is C17H24F2O2. The zero-order valence-electron chi connectivity index (χ0n) is 12.8. The molecule has 21 heavy (non-hydrogen) atoms. The van der Waals surface area contributed by atoms with Crippen molar-refractivity contribution in [2.45, 2.75) is 32.6 Å². The van der Waals surface area contributed by atoms with Crippen LogP contribution in [-0.2, 0) is 9.47 Å². The van der Waals surface area contributed by atoms with E-state index in [0.717, 1.165) is 25.7 Å². The highest BCUT2D eigenvalue weighted by atomic mass is 19.2. The lowest BCUT2D eigenvalue weighted by Crippen LogP contribution is -2.17. The van der Waals surface area contributed by atoms with Crippen molar-refractivity contribution in [2.24, 2.45) is 11.8 Å². The molecule has 0 amide bonds. The van der Waals surface area contributed by atoms with Crippen LogP contribution in [-0.4, -0.2) is 13.7 Å². The van der Waals surface area contributed by atoms with Gasteiger partial charge in [-0.25, -0.2) is 0 Å². The summed E-state index contributed by atoms with van der Waals surface area (Å²) in [5.74, 6) is -1.99. The van der Waals surface area contributed by atoms with Gasteiger partial charge in [0.25, 0.3) is 0 Å². The maximum Gasteiger partial charge on any atom is 0.203 e. The first kappa shape index (κ1) is 17.5. The summed E-state index contributed by atoms with van der Waals surface area (Å²) in [5.41, 5.74) is 0. The van der Waals surface area contributed by atoms with Crippen molar-refractivity contribution < 1.29 is 18.3 Å². The number of rotatable bonds is 7. The zero-order chi connectivity index (χ0) is 15.8. The molecule has 0 heterocycles. The second-order valence-corrected chi connectivity index (χ2v) is 5.30. The number of ether oxygens (including phenoxy) is 2. The van der Waals surface area contributed by atoms with Gasteiger partial charge in [0.05, 0.1) is 13.7 Å². The summed E-state index contributed by atoms with van der Waals surface area (Å²) in [7, 11) is 1.22. The van der Waals surface area contributed by atoms with Crippen LogP contribution in [0.1, 0.15) is 32.6 Å². The second kappa shape index (κ2) is 8.65. The van der Waals surface area contributed by atoms with Crippen LogP contribution in [0.2, 0.25) is 0 Å². The van der Waals surface area contributed by atoms with Crippen molar-refractivity contribution in [3.63, 3.8) is 0 Å². The van der Waals surface area contributed by atoms with Crippen molar-refractivity contribution in [3.8, 4) is 0 Å². The van der Waals surface area contributed by atoms with Crippen LogP contribution < -0.4 is 0 Å². The Balaban J connectivity index is 2.42. The summed E-state index contributed by atoms with van der Waals surface area (Å²) in [6, 6.07) is 0. The van der Waals surface area contributed by atoms with Gasteiger partial charge in [0.15, 0.2) is 11.5 Å². The van der Waals surface area contributed by atoms with Crippen molar-refractivity contribution in [2.75, 3.05) is 13.7 Å². The minimum atomic E-state index is -1.17. The smallest absolute Gasteiger partial charge is 0.203 e. The molecule has 0 saturated heterocycles. The van der Waals surface area contributed by atoms with E-state index in [0.29, 0.717) is 18.4 Å². The van der Waals surface area contributed by atoms with Gasteiger partial charge >= 0.3 is 0 Å². The molecule has 2 nitrogen and oxygen atoms in total.